The van der Waals surface area contributed by atoms with E-state index in [0.29, 0.717) is 11.8 Å². The molecule has 86 valence electrons. The van der Waals surface area contributed by atoms with Gasteiger partial charge in [-0.25, -0.2) is 0 Å². The summed E-state index contributed by atoms with van der Waals surface area (Å²) in [5.74, 6) is 0.671. The largest absolute Gasteiger partial charge is 0.339 e. The summed E-state index contributed by atoms with van der Waals surface area (Å²) in [6.45, 7) is 3.65. The van der Waals surface area contributed by atoms with Crippen LogP contribution in [0.4, 0.5) is 0 Å². The van der Waals surface area contributed by atoms with Crippen molar-refractivity contribution >= 4 is 5.91 Å². The molecule has 15 heavy (non-hydrogen) atoms. The molecule has 1 saturated heterocycles. The molecule has 0 radical (unpaired) electrons. The number of amides is 1. The van der Waals surface area contributed by atoms with E-state index in [1.807, 2.05) is 4.90 Å². The summed E-state index contributed by atoms with van der Waals surface area (Å²) in [7, 11) is 0. The molecule has 2 rings (SSSR count). The number of hydrogen-bond acceptors (Lipinski definition) is 2. The first-order valence-electron chi connectivity index (χ1n) is 6.22. The molecule has 0 aromatic carbocycles. The molecule has 2 fully saturated rings. The second-order valence-corrected chi connectivity index (χ2v) is 5.25. The van der Waals surface area contributed by atoms with Gasteiger partial charge in [0.25, 0.3) is 0 Å². The first-order chi connectivity index (χ1) is 7.14. The van der Waals surface area contributed by atoms with E-state index in [9.17, 15) is 4.79 Å². The molecule has 1 heterocycles. The van der Waals surface area contributed by atoms with E-state index < -0.39 is 0 Å². The summed E-state index contributed by atoms with van der Waals surface area (Å²) >= 11 is 0. The highest BCUT2D eigenvalue weighted by atomic mass is 16.2. The highest BCUT2D eigenvalue weighted by Crippen LogP contribution is 2.29. The van der Waals surface area contributed by atoms with Crippen molar-refractivity contribution in [3.8, 4) is 0 Å². The van der Waals surface area contributed by atoms with E-state index in [-0.39, 0.29) is 5.54 Å². The van der Waals surface area contributed by atoms with Crippen molar-refractivity contribution in [2.24, 2.45) is 11.7 Å². The molecule has 1 amide bonds. The van der Waals surface area contributed by atoms with Gasteiger partial charge in [0.2, 0.25) is 5.91 Å². The van der Waals surface area contributed by atoms with Gasteiger partial charge in [-0.3, -0.25) is 4.79 Å². The lowest BCUT2D eigenvalue weighted by atomic mass is 9.83. The molecular formula is C12H22N2O. The maximum atomic E-state index is 12.1. The zero-order valence-electron chi connectivity index (χ0n) is 9.67. The normalized spacial score (nSPS) is 26.1. The molecule has 0 aromatic rings. The lowest BCUT2D eigenvalue weighted by Crippen LogP contribution is -2.69. The van der Waals surface area contributed by atoms with Crippen molar-refractivity contribution in [1.82, 2.24) is 4.90 Å². The molecule has 3 nitrogen and oxygen atoms in total. The minimum Gasteiger partial charge on any atom is -0.339 e. The minimum atomic E-state index is -0.0790. The van der Waals surface area contributed by atoms with Gasteiger partial charge in [-0.2, -0.15) is 0 Å². The molecule has 2 N–H and O–H groups in total. The van der Waals surface area contributed by atoms with Crippen LogP contribution in [0.5, 0.6) is 0 Å². The predicted octanol–water partition coefficient (Wildman–Crippen LogP) is 1.52. The van der Waals surface area contributed by atoms with E-state index in [2.05, 4.69) is 6.92 Å². The van der Waals surface area contributed by atoms with Crippen LogP contribution >= 0.6 is 0 Å². The number of hydrogen-bond donors (Lipinski definition) is 1. The van der Waals surface area contributed by atoms with Crippen LogP contribution in [0.3, 0.4) is 0 Å². The van der Waals surface area contributed by atoms with Gasteiger partial charge in [0.15, 0.2) is 0 Å². The second kappa shape index (κ2) is 4.12. The number of nitrogens with zero attached hydrogens (tertiary/aromatic N) is 1. The third kappa shape index (κ3) is 2.17. The summed E-state index contributed by atoms with van der Waals surface area (Å²) < 4.78 is 0. The quantitative estimate of drug-likeness (QED) is 0.751. The van der Waals surface area contributed by atoms with Crippen LogP contribution in [-0.2, 0) is 4.79 Å². The fourth-order valence-corrected chi connectivity index (χ4v) is 2.70. The molecule has 1 aliphatic heterocycles. The van der Waals surface area contributed by atoms with Crippen LogP contribution < -0.4 is 5.73 Å². The van der Waals surface area contributed by atoms with E-state index in [1.165, 1.54) is 19.3 Å². The highest BCUT2D eigenvalue weighted by Gasteiger charge is 2.42. The van der Waals surface area contributed by atoms with Gasteiger partial charge in [-0.05, 0) is 19.3 Å². The Morgan fingerprint density at radius 2 is 1.93 bits per heavy atom. The molecule has 2 aliphatic rings. The van der Waals surface area contributed by atoms with Crippen LogP contribution in [0.2, 0.25) is 0 Å². The Bertz CT molecular complexity index is 240. The Kier molecular flexibility index (Phi) is 3.01. The molecular weight excluding hydrogens is 188 g/mol. The fraction of sp³-hybridized carbons (Fsp3) is 0.917. The Labute approximate surface area is 92.0 Å². The first-order valence-corrected chi connectivity index (χ1v) is 6.22. The molecule has 0 spiro atoms. The third-order valence-electron chi connectivity index (χ3n) is 3.98. The Hall–Kier alpha value is -0.570. The van der Waals surface area contributed by atoms with Crippen LogP contribution in [0.25, 0.3) is 0 Å². The lowest BCUT2D eigenvalue weighted by molar-refractivity contribution is -0.144. The number of nitrogens with two attached hydrogens (primary N) is 1. The van der Waals surface area contributed by atoms with Crippen LogP contribution in [0, 0.1) is 5.92 Å². The molecule has 0 aromatic heterocycles. The smallest absolute Gasteiger partial charge is 0.225 e. The fourth-order valence-electron chi connectivity index (χ4n) is 2.70. The van der Waals surface area contributed by atoms with Crippen molar-refractivity contribution in [3.05, 3.63) is 0 Å². The average Bonchev–Trinajstić information content (AvgIpc) is 2.25. The molecule has 1 aliphatic carbocycles. The van der Waals surface area contributed by atoms with Crippen molar-refractivity contribution in [2.75, 3.05) is 13.1 Å². The molecule has 0 unspecified atom stereocenters. The molecule has 0 atom stereocenters. The lowest BCUT2D eigenvalue weighted by Gasteiger charge is -2.48. The highest BCUT2D eigenvalue weighted by molar-refractivity contribution is 5.80. The van der Waals surface area contributed by atoms with Crippen LogP contribution in [0.1, 0.15) is 45.4 Å². The van der Waals surface area contributed by atoms with Crippen LogP contribution in [-0.4, -0.2) is 29.4 Å². The third-order valence-corrected chi connectivity index (χ3v) is 3.98. The summed E-state index contributed by atoms with van der Waals surface area (Å²) in [5, 5.41) is 0. The van der Waals surface area contributed by atoms with Gasteiger partial charge in [-0.1, -0.05) is 26.2 Å². The Morgan fingerprint density at radius 3 is 2.47 bits per heavy atom. The Morgan fingerprint density at radius 1 is 1.33 bits per heavy atom. The zero-order valence-corrected chi connectivity index (χ0v) is 9.67. The number of rotatable bonds is 2. The number of likely N-dealkylation sites (tertiary alicyclic amines) is 1. The Balaban J connectivity index is 1.83. The minimum absolute atomic E-state index is 0.0790. The van der Waals surface area contributed by atoms with Gasteiger partial charge < -0.3 is 10.6 Å². The van der Waals surface area contributed by atoms with Crippen molar-refractivity contribution in [3.63, 3.8) is 0 Å². The standard InChI is InChI=1S/C12H22N2O/c1-2-12(13)8-14(9-12)11(15)10-6-4-3-5-7-10/h10H,2-9,13H2,1H3. The number of carbonyl (C=O) groups excluding carboxylic acids is 1. The van der Waals surface area contributed by atoms with Crippen molar-refractivity contribution < 1.29 is 4.79 Å². The van der Waals surface area contributed by atoms with Gasteiger partial charge in [-0.15, -0.1) is 0 Å². The van der Waals surface area contributed by atoms with Crippen LogP contribution in [0.15, 0.2) is 0 Å². The zero-order chi connectivity index (χ0) is 10.9. The van der Waals surface area contributed by atoms with Gasteiger partial charge in [0.1, 0.15) is 0 Å². The van der Waals surface area contributed by atoms with E-state index in [4.69, 9.17) is 5.73 Å². The van der Waals surface area contributed by atoms with Crippen molar-refractivity contribution in [2.45, 2.75) is 51.0 Å². The van der Waals surface area contributed by atoms with Gasteiger partial charge >= 0.3 is 0 Å². The van der Waals surface area contributed by atoms with E-state index in [1.54, 1.807) is 0 Å². The second-order valence-electron chi connectivity index (χ2n) is 5.25. The summed E-state index contributed by atoms with van der Waals surface area (Å²) in [4.78, 5) is 14.0. The molecule has 1 saturated carbocycles. The van der Waals surface area contributed by atoms with E-state index >= 15 is 0 Å². The maximum Gasteiger partial charge on any atom is 0.225 e. The average molecular weight is 210 g/mol. The van der Waals surface area contributed by atoms with Gasteiger partial charge in [0, 0.05) is 19.0 Å². The predicted molar refractivity (Wildman–Crippen MR) is 60.4 cm³/mol. The van der Waals surface area contributed by atoms with E-state index in [0.717, 1.165) is 32.4 Å². The summed E-state index contributed by atoms with van der Waals surface area (Å²) in [6.07, 6.45) is 6.93. The van der Waals surface area contributed by atoms with Gasteiger partial charge in [0.05, 0.1) is 5.54 Å². The maximum absolute atomic E-state index is 12.1. The monoisotopic (exact) mass is 210 g/mol. The van der Waals surface area contributed by atoms with Crippen molar-refractivity contribution in [1.29, 1.82) is 0 Å². The molecule has 3 heteroatoms. The summed E-state index contributed by atoms with van der Waals surface area (Å²) in [6, 6.07) is 0. The SMILES string of the molecule is CCC1(N)CN(C(=O)C2CCCCC2)C1. The topological polar surface area (TPSA) is 46.3 Å². The molecule has 0 bridgehead atoms. The first kappa shape index (κ1) is 10.9. The summed E-state index contributed by atoms with van der Waals surface area (Å²) in [5.41, 5.74) is 5.99. The number of carbonyl (C=O) groups is 1.